The molecule has 0 amide bonds. The molecule has 0 bridgehead atoms. The summed E-state index contributed by atoms with van der Waals surface area (Å²) in [6, 6.07) is 8.53. The zero-order chi connectivity index (χ0) is 8.10. The van der Waals surface area contributed by atoms with Gasteiger partial charge in [-0.1, -0.05) is 19.1 Å². The van der Waals surface area contributed by atoms with E-state index in [-0.39, 0.29) is 0 Å². The highest BCUT2D eigenvalue weighted by molar-refractivity contribution is 8.00. The van der Waals surface area contributed by atoms with Crippen molar-refractivity contribution in [2.24, 2.45) is 0 Å². The Morgan fingerprint density at radius 1 is 1.27 bits per heavy atom. The molecule has 0 heterocycles. The van der Waals surface area contributed by atoms with E-state index in [4.69, 9.17) is 11.6 Å². The molecule has 11 heavy (non-hydrogen) atoms. The van der Waals surface area contributed by atoms with Gasteiger partial charge in [-0.05, 0) is 24.1 Å². The summed E-state index contributed by atoms with van der Waals surface area (Å²) in [6.07, 6.45) is 1.10. The largest absolute Gasteiger partial charge is 0.114 e. The van der Waals surface area contributed by atoms with E-state index in [0.29, 0.717) is 5.21 Å². The maximum Gasteiger partial charge on any atom is 0.0727 e. The first-order valence-corrected chi connectivity index (χ1v) is 5.16. The molecule has 1 rings (SSSR count). The van der Waals surface area contributed by atoms with Crippen molar-refractivity contribution in [3.63, 3.8) is 0 Å². The summed E-state index contributed by atoms with van der Waals surface area (Å²) in [5, 5.41) is 0.630. The Balaban J connectivity index is 2.66. The van der Waals surface area contributed by atoms with Crippen molar-refractivity contribution < 1.29 is 0 Å². The first-order chi connectivity index (χ1) is 5.36. The lowest BCUT2D eigenvalue weighted by atomic mass is 10.2. The molecule has 0 aliphatic rings. The lowest BCUT2D eigenvalue weighted by Crippen LogP contribution is -1.78. The van der Waals surface area contributed by atoms with E-state index in [9.17, 15) is 0 Å². The topological polar surface area (TPSA) is 0 Å². The van der Waals surface area contributed by atoms with Crippen molar-refractivity contribution in [1.82, 2.24) is 0 Å². The molecule has 0 spiro atoms. The number of rotatable bonds is 3. The first-order valence-electron chi connectivity index (χ1n) is 3.64. The normalized spacial score (nSPS) is 10.0. The molecule has 0 saturated carbocycles. The Morgan fingerprint density at radius 3 is 2.36 bits per heavy atom. The molecule has 60 valence electrons. The molecule has 0 atom stereocenters. The fourth-order valence-electron chi connectivity index (χ4n) is 0.884. The van der Waals surface area contributed by atoms with Crippen LogP contribution in [0.4, 0.5) is 0 Å². The lowest BCUT2D eigenvalue weighted by Gasteiger charge is -1.98. The molecular formula is C9H11ClS. The average Bonchev–Trinajstić information content (AvgIpc) is 2.07. The van der Waals surface area contributed by atoms with Gasteiger partial charge in [0.2, 0.25) is 0 Å². The molecule has 0 aliphatic carbocycles. The Labute approximate surface area is 77.0 Å². The number of alkyl halides is 1. The zero-order valence-electron chi connectivity index (χ0n) is 6.51. The third-order valence-corrected chi connectivity index (χ3v) is 2.59. The van der Waals surface area contributed by atoms with E-state index in [1.54, 1.807) is 11.8 Å². The van der Waals surface area contributed by atoms with Crippen LogP contribution in [0.15, 0.2) is 29.2 Å². The number of hydrogen-bond donors (Lipinski definition) is 0. The molecule has 0 saturated heterocycles. The number of thioether (sulfide) groups is 1. The van der Waals surface area contributed by atoms with E-state index in [2.05, 4.69) is 31.2 Å². The number of aryl methyl sites for hydroxylation is 1. The monoisotopic (exact) mass is 186 g/mol. The van der Waals surface area contributed by atoms with Crippen LogP contribution in [0.1, 0.15) is 12.5 Å². The summed E-state index contributed by atoms with van der Waals surface area (Å²) in [5.41, 5.74) is 1.38. The van der Waals surface area contributed by atoms with E-state index < -0.39 is 0 Å². The molecular weight excluding hydrogens is 176 g/mol. The predicted molar refractivity (Wildman–Crippen MR) is 52.4 cm³/mol. The minimum Gasteiger partial charge on any atom is -0.114 e. The molecule has 0 unspecified atom stereocenters. The van der Waals surface area contributed by atoms with Gasteiger partial charge in [0, 0.05) is 4.90 Å². The maximum absolute atomic E-state index is 5.57. The van der Waals surface area contributed by atoms with Gasteiger partial charge in [0.1, 0.15) is 0 Å². The lowest BCUT2D eigenvalue weighted by molar-refractivity contribution is 1.13. The minimum absolute atomic E-state index is 0.630. The predicted octanol–water partition coefficient (Wildman–Crippen LogP) is 3.54. The van der Waals surface area contributed by atoms with Crippen LogP contribution in [-0.4, -0.2) is 5.21 Å². The van der Waals surface area contributed by atoms with Crippen LogP contribution in [0, 0.1) is 0 Å². The van der Waals surface area contributed by atoms with Crippen molar-refractivity contribution in [3.8, 4) is 0 Å². The van der Waals surface area contributed by atoms with Gasteiger partial charge in [0.25, 0.3) is 0 Å². The molecule has 2 heteroatoms. The highest BCUT2D eigenvalue weighted by atomic mass is 35.5. The molecule has 0 fully saturated rings. The fourth-order valence-corrected chi connectivity index (χ4v) is 1.72. The molecule has 0 nitrogen and oxygen atoms in total. The molecule has 0 N–H and O–H groups in total. The number of halogens is 1. The Bertz CT molecular complexity index is 205. The van der Waals surface area contributed by atoms with Gasteiger partial charge in [-0.15, -0.1) is 23.4 Å². The van der Waals surface area contributed by atoms with Gasteiger partial charge in [-0.3, -0.25) is 0 Å². The van der Waals surface area contributed by atoms with E-state index in [1.807, 2.05) is 0 Å². The Kier molecular flexibility index (Phi) is 3.81. The van der Waals surface area contributed by atoms with Crippen molar-refractivity contribution >= 4 is 23.4 Å². The van der Waals surface area contributed by atoms with Crippen molar-refractivity contribution in [3.05, 3.63) is 29.8 Å². The summed E-state index contributed by atoms with van der Waals surface area (Å²) < 4.78 is 0. The standard InChI is InChI=1S/C9H11ClS/c1-2-8-3-5-9(6-4-8)11-7-10/h3-6H,2,7H2,1H3. The highest BCUT2D eigenvalue weighted by Crippen LogP contribution is 2.19. The average molecular weight is 187 g/mol. The fraction of sp³-hybridized carbons (Fsp3) is 0.333. The van der Waals surface area contributed by atoms with Gasteiger partial charge in [-0.2, -0.15) is 0 Å². The maximum atomic E-state index is 5.57. The van der Waals surface area contributed by atoms with Gasteiger partial charge >= 0.3 is 0 Å². The SMILES string of the molecule is CCc1ccc(SCCl)cc1. The summed E-state index contributed by atoms with van der Waals surface area (Å²) >= 11 is 7.23. The third kappa shape index (κ3) is 2.76. The summed E-state index contributed by atoms with van der Waals surface area (Å²) in [5.74, 6) is 0. The Hall–Kier alpha value is -0.140. The van der Waals surface area contributed by atoms with Crippen LogP contribution >= 0.6 is 23.4 Å². The molecule has 1 aromatic rings. The quantitative estimate of drug-likeness (QED) is 0.514. The zero-order valence-corrected chi connectivity index (χ0v) is 8.08. The van der Waals surface area contributed by atoms with Gasteiger partial charge in [-0.25, -0.2) is 0 Å². The van der Waals surface area contributed by atoms with Gasteiger partial charge < -0.3 is 0 Å². The number of benzene rings is 1. The third-order valence-electron chi connectivity index (χ3n) is 1.55. The van der Waals surface area contributed by atoms with Gasteiger partial charge in [0.05, 0.1) is 5.21 Å². The van der Waals surface area contributed by atoms with Gasteiger partial charge in [0.15, 0.2) is 0 Å². The van der Waals surface area contributed by atoms with Crippen molar-refractivity contribution in [1.29, 1.82) is 0 Å². The van der Waals surface area contributed by atoms with Crippen molar-refractivity contribution in [2.75, 3.05) is 5.21 Å². The van der Waals surface area contributed by atoms with Crippen molar-refractivity contribution in [2.45, 2.75) is 18.2 Å². The van der Waals surface area contributed by atoms with E-state index in [1.165, 1.54) is 10.5 Å². The second-order valence-corrected chi connectivity index (χ2v) is 3.88. The van der Waals surface area contributed by atoms with E-state index in [0.717, 1.165) is 6.42 Å². The molecule has 0 radical (unpaired) electrons. The van der Waals surface area contributed by atoms with Crippen LogP contribution in [0.2, 0.25) is 0 Å². The van der Waals surface area contributed by atoms with Crippen LogP contribution in [-0.2, 0) is 6.42 Å². The summed E-state index contributed by atoms with van der Waals surface area (Å²) in [7, 11) is 0. The van der Waals surface area contributed by atoms with Crippen LogP contribution in [0.3, 0.4) is 0 Å². The molecule has 1 aromatic carbocycles. The second-order valence-electron chi connectivity index (χ2n) is 2.25. The van der Waals surface area contributed by atoms with Crippen LogP contribution < -0.4 is 0 Å². The van der Waals surface area contributed by atoms with E-state index >= 15 is 0 Å². The first kappa shape index (κ1) is 8.95. The van der Waals surface area contributed by atoms with Crippen LogP contribution in [0.5, 0.6) is 0 Å². The minimum atomic E-state index is 0.630. The highest BCUT2D eigenvalue weighted by Gasteiger charge is 1.91. The summed E-state index contributed by atoms with van der Waals surface area (Å²) in [4.78, 5) is 1.25. The second kappa shape index (κ2) is 4.68. The van der Waals surface area contributed by atoms with Crippen LogP contribution in [0.25, 0.3) is 0 Å². The smallest absolute Gasteiger partial charge is 0.0727 e. The number of hydrogen-bond acceptors (Lipinski definition) is 1. The summed E-state index contributed by atoms with van der Waals surface area (Å²) in [6.45, 7) is 2.16. The molecule has 0 aromatic heterocycles. The Morgan fingerprint density at radius 2 is 1.91 bits per heavy atom. The molecule has 0 aliphatic heterocycles.